The summed E-state index contributed by atoms with van der Waals surface area (Å²) in [5, 5.41) is 10.1. The van der Waals surface area contributed by atoms with E-state index in [2.05, 4.69) is 0 Å². The quantitative estimate of drug-likeness (QED) is 0.921. The SMILES string of the molecule is O=S(=O)(c1ccc(F)cc1)N1C[C@@H](O)[C@H](Oc2ccccc2)C1. The Hall–Kier alpha value is -1.96. The summed E-state index contributed by atoms with van der Waals surface area (Å²) in [6.07, 6.45) is -1.57. The van der Waals surface area contributed by atoms with Crippen molar-refractivity contribution in [3.05, 3.63) is 60.4 Å². The van der Waals surface area contributed by atoms with E-state index in [1.54, 1.807) is 24.3 Å². The largest absolute Gasteiger partial charge is 0.486 e. The fraction of sp³-hybridized carbons (Fsp3) is 0.250. The molecule has 23 heavy (non-hydrogen) atoms. The Morgan fingerprint density at radius 1 is 1.04 bits per heavy atom. The van der Waals surface area contributed by atoms with Crippen molar-refractivity contribution in [3.63, 3.8) is 0 Å². The van der Waals surface area contributed by atoms with Crippen molar-refractivity contribution in [1.82, 2.24) is 4.31 Å². The molecule has 0 amide bonds. The highest BCUT2D eigenvalue weighted by molar-refractivity contribution is 7.89. The minimum Gasteiger partial charge on any atom is -0.486 e. The topological polar surface area (TPSA) is 66.8 Å². The molecule has 1 aliphatic rings. The van der Waals surface area contributed by atoms with Crippen LogP contribution in [0.4, 0.5) is 4.39 Å². The third-order valence-electron chi connectivity index (χ3n) is 3.69. The van der Waals surface area contributed by atoms with Crippen molar-refractivity contribution < 1.29 is 22.7 Å². The number of nitrogens with zero attached hydrogens (tertiary/aromatic N) is 1. The number of halogens is 1. The van der Waals surface area contributed by atoms with E-state index < -0.39 is 28.0 Å². The van der Waals surface area contributed by atoms with E-state index >= 15 is 0 Å². The molecule has 7 heteroatoms. The van der Waals surface area contributed by atoms with Crippen LogP contribution in [0.5, 0.6) is 5.75 Å². The summed E-state index contributed by atoms with van der Waals surface area (Å²) >= 11 is 0. The molecule has 122 valence electrons. The lowest BCUT2D eigenvalue weighted by Gasteiger charge is -2.17. The highest BCUT2D eigenvalue weighted by Crippen LogP contribution is 2.24. The van der Waals surface area contributed by atoms with Crippen LogP contribution < -0.4 is 4.74 Å². The number of benzene rings is 2. The molecule has 0 saturated carbocycles. The Balaban J connectivity index is 1.76. The molecule has 1 aliphatic heterocycles. The molecule has 5 nitrogen and oxygen atoms in total. The van der Waals surface area contributed by atoms with Gasteiger partial charge in [0.25, 0.3) is 0 Å². The molecule has 0 bridgehead atoms. The molecule has 0 aromatic heterocycles. The van der Waals surface area contributed by atoms with E-state index in [1.807, 2.05) is 6.07 Å². The van der Waals surface area contributed by atoms with Crippen LogP contribution in [0.15, 0.2) is 59.5 Å². The summed E-state index contributed by atoms with van der Waals surface area (Å²) in [5.41, 5.74) is 0. The summed E-state index contributed by atoms with van der Waals surface area (Å²) in [7, 11) is -3.79. The number of rotatable bonds is 4. The maximum absolute atomic E-state index is 13.0. The van der Waals surface area contributed by atoms with Crippen molar-refractivity contribution in [3.8, 4) is 5.75 Å². The standard InChI is InChI=1S/C16H16FNO4S/c17-12-6-8-14(9-7-12)23(20,21)18-10-15(19)16(11-18)22-13-4-2-1-3-5-13/h1-9,15-16,19H,10-11H2/t15-,16-/m1/s1. The molecule has 1 N–H and O–H groups in total. The van der Waals surface area contributed by atoms with Gasteiger partial charge >= 0.3 is 0 Å². The second kappa shape index (κ2) is 6.27. The number of ether oxygens (including phenoxy) is 1. The Labute approximate surface area is 134 Å². The Morgan fingerprint density at radius 3 is 2.35 bits per heavy atom. The molecule has 2 aromatic rings. The minimum absolute atomic E-state index is 0.00791. The first kappa shape index (κ1) is 15.9. The first-order valence-electron chi connectivity index (χ1n) is 7.12. The zero-order chi connectivity index (χ0) is 16.4. The van der Waals surface area contributed by atoms with Crippen molar-refractivity contribution >= 4 is 10.0 Å². The van der Waals surface area contributed by atoms with Crippen LogP contribution in [0.1, 0.15) is 0 Å². The average Bonchev–Trinajstić information content (AvgIpc) is 2.90. The maximum Gasteiger partial charge on any atom is 0.243 e. The van der Waals surface area contributed by atoms with Gasteiger partial charge in [-0.3, -0.25) is 0 Å². The molecular formula is C16H16FNO4S. The lowest BCUT2D eigenvalue weighted by atomic mass is 10.2. The third-order valence-corrected chi connectivity index (χ3v) is 5.53. The van der Waals surface area contributed by atoms with Crippen LogP contribution in [0, 0.1) is 5.82 Å². The molecule has 0 aliphatic carbocycles. The normalized spacial score (nSPS) is 22.2. The highest BCUT2D eigenvalue weighted by atomic mass is 32.2. The van der Waals surface area contributed by atoms with Crippen LogP contribution in [0.3, 0.4) is 0 Å². The van der Waals surface area contributed by atoms with Gasteiger partial charge in [-0.1, -0.05) is 18.2 Å². The van der Waals surface area contributed by atoms with Crippen molar-refractivity contribution in [1.29, 1.82) is 0 Å². The molecule has 2 aromatic carbocycles. The van der Waals surface area contributed by atoms with Gasteiger partial charge in [-0.15, -0.1) is 0 Å². The molecule has 1 fully saturated rings. The van der Waals surface area contributed by atoms with Gasteiger partial charge < -0.3 is 9.84 Å². The molecule has 3 rings (SSSR count). The van der Waals surface area contributed by atoms with Gasteiger partial charge in [0.1, 0.15) is 23.8 Å². The second-order valence-electron chi connectivity index (χ2n) is 5.31. The Morgan fingerprint density at radius 2 is 1.70 bits per heavy atom. The van der Waals surface area contributed by atoms with E-state index in [9.17, 15) is 17.9 Å². The number of aliphatic hydroxyl groups excluding tert-OH is 1. The van der Waals surface area contributed by atoms with Crippen molar-refractivity contribution in [2.24, 2.45) is 0 Å². The second-order valence-corrected chi connectivity index (χ2v) is 7.25. The molecule has 0 spiro atoms. The number of sulfonamides is 1. The fourth-order valence-corrected chi connectivity index (χ4v) is 3.93. The molecular weight excluding hydrogens is 321 g/mol. The van der Waals surface area contributed by atoms with Crippen LogP contribution in [0.25, 0.3) is 0 Å². The summed E-state index contributed by atoms with van der Waals surface area (Å²) in [6, 6.07) is 13.5. The van der Waals surface area contributed by atoms with Gasteiger partial charge in [-0.2, -0.15) is 4.31 Å². The predicted octanol–water partition coefficient (Wildman–Crippen LogP) is 1.64. The summed E-state index contributed by atoms with van der Waals surface area (Å²) in [6.45, 7) is -0.0209. The van der Waals surface area contributed by atoms with Crippen LogP contribution in [-0.2, 0) is 10.0 Å². The van der Waals surface area contributed by atoms with Gasteiger partial charge in [0, 0.05) is 6.54 Å². The van der Waals surface area contributed by atoms with E-state index in [1.165, 1.54) is 12.1 Å². The molecule has 0 unspecified atom stereocenters. The van der Waals surface area contributed by atoms with E-state index in [0.717, 1.165) is 16.4 Å². The van der Waals surface area contributed by atoms with Crippen LogP contribution >= 0.6 is 0 Å². The van der Waals surface area contributed by atoms with Gasteiger partial charge in [-0.05, 0) is 36.4 Å². The Bertz CT molecular complexity index is 764. The van der Waals surface area contributed by atoms with Gasteiger partial charge in [0.2, 0.25) is 10.0 Å². The van der Waals surface area contributed by atoms with E-state index in [4.69, 9.17) is 4.74 Å². The third kappa shape index (κ3) is 3.36. The van der Waals surface area contributed by atoms with Crippen molar-refractivity contribution in [2.45, 2.75) is 17.1 Å². The predicted molar refractivity (Wildman–Crippen MR) is 82.0 cm³/mol. The van der Waals surface area contributed by atoms with Gasteiger partial charge in [0.15, 0.2) is 0 Å². The zero-order valence-corrected chi connectivity index (χ0v) is 13.0. The smallest absolute Gasteiger partial charge is 0.243 e. The van der Waals surface area contributed by atoms with Crippen molar-refractivity contribution in [2.75, 3.05) is 13.1 Å². The lowest BCUT2D eigenvalue weighted by Crippen LogP contribution is -2.31. The fourth-order valence-electron chi connectivity index (χ4n) is 2.46. The summed E-state index contributed by atoms with van der Waals surface area (Å²) in [4.78, 5) is -0.00791. The van der Waals surface area contributed by atoms with E-state index in [-0.39, 0.29) is 18.0 Å². The first-order valence-corrected chi connectivity index (χ1v) is 8.56. The first-order chi connectivity index (χ1) is 11.0. The zero-order valence-electron chi connectivity index (χ0n) is 12.2. The molecule has 1 heterocycles. The number of aliphatic hydroxyl groups is 1. The average molecular weight is 337 g/mol. The lowest BCUT2D eigenvalue weighted by molar-refractivity contribution is 0.0737. The maximum atomic E-state index is 13.0. The number of β-amino-alcohol motifs (C(OH)–C–C–N with tert-alkyl or cyclic N) is 1. The van der Waals surface area contributed by atoms with Crippen LogP contribution in [0.2, 0.25) is 0 Å². The minimum atomic E-state index is -3.79. The van der Waals surface area contributed by atoms with E-state index in [0.29, 0.717) is 5.75 Å². The monoisotopic (exact) mass is 337 g/mol. The number of para-hydroxylation sites is 1. The van der Waals surface area contributed by atoms with Gasteiger partial charge in [-0.25, -0.2) is 12.8 Å². The summed E-state index contributed by atoms with van der Waals surface area (Å²) < 4.78 is 44.8. The summed E-state index contributed by atoms with van der Waals surface area (Å²) in [5.74, 6) is 0.0632. The molecule has 1 saturated heterocycles. The van der Waals surface area contributed by atoms with Gasteiger partial charge in [0.05, 0.1) is 11.4 Å². The molecule has 0 radical (unpaired) electrons. The highest BCUT2D eigenvalue weighted by Gasteiger charge is 2.39. The number of hydrogen-bond donors (Lipinski definition) is 1. The number of hydrogen-bond acceptors (Lipinski definition) is 4. The Kier molecular flexibility index (Phi) is 4.34. The van der Waals surface area contributed by atoms with Crippen LogP contribution in [-0.4, -0.2) is 43.1 Å². The molecule has 2 atom stereocenters.